The molecule has 0 saturated heterocycles. The molecule has 0 radical (unpaired) electrons. The highest BCUT2D eigenvalue weighted by atomic mass is 15.1. The van der Waals surface area contributed by atoms with Gasteiger partial charge in [-0.1, -0.05) is 18.2 Å². The number of fused-ring (bicyclic) bond motifs is 1. The van der Waals surface area contributed by atoms with Crippen LogP contribution in [0.5, 0.6) is 0 Å². The Labute approximate surface area is 127 Å². The molecule has 4 rings (SSSR count). The van der Waals surface area contributed by atoms with Gasteiger partial charge in [-0.25, -0.2) is 9.97 Å². The summed E-state index contributed by atoms with van der Waals surface area (Å²) in [6, 6.07) is 10.3. The smallest absolute Gasteiger partial charge is 0.176 e. The maximum Gasteiger partial charge on any atom is 0.176 e. The lowest BCUT2D eigenvalue weighted by Crippen LogP contribution is -2.02. The molecule has 5 heteroatoms. The van der Waals surface area contributed by atoms with E-state index >= 15 is 0 Å². The summed E-state index contributed by atoms with van der Waals surface area (Å²) in [5.74, 6) is 1.62. The molecule has 0 amide bonds. The van der Waals surface area contributed by atoms with Crippen molar-refractivity contribution in [1.82, 2.24) is 24.5 Å². The van der Waals surface area contributed by atoms with Gasteiger partial charge in [-0.3, -0.25) is 4.98 Å². The molecule has 0 atom stereocenters. The number of H-pyrrole nitrogens is 1. The molecule has 1 aromatic carbocycles. The molecule has 0 saturated carbocycles. The minimum atomic E-state index is 0.715. The lowest BCUT2D eigenvalue weighted by atomic mass is 10.1. The molecule has 3 heterocycles. The van der Waals surface area contributed by atoms with E-state index in [4.69, 9.17) is 0 Å². The van der Waals surface area contributed by atoms with Gasteiger partial charge < -0.3 is 9.55 Å². The number of aromatic amines is 1. The molecule has 4 aromatic rings. The van der Waals surface area contributed by atoms with E-state index in [2.05, 4.69) is 36.6 Å². The van der Waals surface area contributed by atoms with E-state index in [1.165, 1.54) is 0 Å². The lowest BCUT2D eigenvalue weighted by Gasteiger charge is -2.07. The number of pyridine rings is 1. The van der Waals surface area contributed by atoms with Crippen LogP contribution in [0.15, 0.2) is 55.1 Å². The first-order valence-electron chi connectivity index (χ1n) is 7.16. The van der Waals surface area contributed by atoms with E-state index in [0.29, 0.717) is 6.54 Å². The van der Waals surface area contributed by atoms with E-state index in [-0.39, 0.29) is 0 Å². The average Bonchev–Trinajstić information content (AvgIpc) is 3.16. The van der Waals surface area contributed by atoms with E-state index < -0.39 is 0 Å². The topological polar surface area (TPSA) is 59.4 Å². The Kier molecular flexibility index (Phi) is 2.96. The van der Waals surface area contributed by atoms with Crippen LogP contribution in [0.4, 0.5) is 0 Å². The van der Waals surface area contributed by atoms with Crippen LogP contribution in [0.1, 0.15) is 11.3 Å². The molecule has 0 aliphatic carbocycles. The molecule has 0 aliphatic heterocycles. The monoisotopic (exact) mass is 289 g/mol. The van der Waals surface area contributed by atoms with Crippen molar-refractivity contribution in [2.45, 2.75) is 13.5 Å². The maximum absolute atomic E-state index is 4.51. The van der Waals surface area contributed by atoms with Crippen molar-refractivity contribution >= 4 is 10.9 Å². The Morgan fingerprint density at radius 3 is 2.86 bits per heavy atom. The van der Waals surface area contributed by atoms with Crippen LogP contribution >= 0.6 is 0 Å². The van der Waals surface area contributed by atoms with Crippen molar-refractivity contribution in [3.05, 3.63) is 66.4 Å². The summed E-state index contributed by atoms with van der Waals surface area (Å²) in [7, 11) is 0. The van der Waals surface area contributed by atoms with Gasteiger partial charge in [-0.2, -0.15) is 0 Å². The summed E-state index contributed by atoms with van der Waals surface area (Å²) in [5.41, 5.74) is 3.18. The molecule has 1 N–H and O–H groups in total. The highest BCUT2D eigenvalue weighted by Gasteiger charge is 2.09. The van der Waals surface area contributed by atoms with Gasteiger partial charge in [0.15, 0.2) is 11.6 Å². The Balaban J connectivity index is 1.69. The summed E-state index contributed by atoms with van der Waals surface area (Å²) >= 11 is 0. The number of nitrogens with zero attached hydrogens (tertiary/aromatic N) is 4. The standard InChI is InChI=1S/C17H15N5/c1-12-9-20-16(21-12)17-18-6-7-22(17)11-13-8-14-4-2-3-5-15(14)19-10-13/h2-10H,11H2,1H3,(H,20,21). The van der Waals surface area contributed by atoms with Crippen molar-refractivity contribution in [2.24, 2.45) is 0 Å². The molecular weight excluding hydrogens is 274 g/mol. The fourth-order valence-electron chi connectivity index (χ4n) is 2.58. The third-order valence-corrected chi connectivity index (χ3v) is 3.63. The predicted octanol–water partition coefficient (Wildman–Crippen LogP) is 3.18. The minimum Gasteiger partial charge on any atom is -0.340 e. The van der Waals surface area contributed by atoms with E-state index in [1.54, 1.807) is 6.20 Å². The summed E-state index contributed by atoms with van der Waals surface area (Å²) in [4.78, 5) is 16.5. The molecule has 3 aromatic heterocycles. The van der Waals surface area contributed by atoms with Crippen LogP contribution < -0.4 is 0 Å². The number of aromatic nitrogens is 5. The Morgan fingerprint density at radius 1 is 1.09 bits per heavy atom. The first kappa shape index (κ1) is 12.8. The normalized spacial score (nSPS) is 11.1. The van der Waals surface area contributed by atoms with Crippen molar-refractivity contribution in [3.63, 3.8) is 0 Å². The quantitative estimate of drug-likeness (QED) is 0.630. The summed E-state index contributed by atoms with van der Waals surface area (Å²) in [6.45, 7) is 2.70. The molecule has 0 aliphatic rings. The van der Waals surface area contributed by atoms with Gasteiger partial charge in [0.25, 0.3) is 0 Å². The zero-order valence-electron chi connectivity index (χ0n) is 12.2. The lowest BCUT2D eigenvalue weighted by molar-refractivity contribution is 0.798. The number of nitrogens with one attached hydrogen (secondary N) is 1. The first-order chi connectivity index (χ1) is 10.8. The second-order valence-corrected chi connectivity index (χ2v) is 5.33. The third kappa shape index (κ3) is 2.26. The zero-order chi connectivity index (χ0) is 14.9. The largest absolute Gasteiger partial charge is 0.340 e. The van der Waals surface area contributed by atoms with Crippen molar-refractivity contribution in [1.29, 1.82) is 0 Å². The van der Waals surface area contributed by atoms with Crippen molar-refractivity contribution < 1.29 is 0 Å². The predicted molar refractivity (Wildman–Crippen MR) is 85.4 cm³/mol. The molecule has 22 heavy (non-hydrogen) atoms. The number of rotatable bonds is 3. The minimum absolute atomic E-state index is 0.715. The van der Waals surface area contributed by atoms with Gasteiger partial charge in [0, 0.05) is 35.9 Å². The van der Waals surface area contributed by atoms with Gasteiger partial charge in [-0.15, -0.1) is 0 Å². The van der Waals surface area contributed by atoms with Crippen LogP contribution in [-0.2, 0) is 6.54 Å². The number of aryl methyl sites for hydroxylation is 1. The number of imidazole rings is 2. The molecular formula is C17H15N5. The zero-order valence-corrected chi connectivity index (χ0v) is 12.2. The molecule has 5 nitrogen and oxygen atoms in total. The molecule has 108 valence electrons. The average molecular weight is 289 g/mol. The van der Waals surface area contributed by atoms with E-state index in [0.717, 1.165) is 33.8 Å². The van der Waals surface area contributed by atoms with Crippen LogP contribution in [-0.4, -0.2) is 24.5 Å². The van der Waals surface area contributed by atoms with Gasteiger partial charge in [0.2, 0.25) is 0 Å². The molecule has 0 fully saturated rings. The molecule has 0 spiro atoms. The van der Waals surface area contributed by atoms with E-state index in [9.17, 15) is 0 Å². The van der Waals surface area contributed by atoms with Crippen LogP contribution in [0.3, 0.4) is 0 Å². The maximum atomic E-state index is 4.51. The van der Waals surface area contributed by atoms with E-state index in [1.807, 2.05) is 43.7 Å². The number of para-hydroxylation sites is 1. The second-order valence-electron chi connectivity index (χ2n) is 5.33. The van der Waals surface area contributed by atoms with Crippen LogP contribution in [0.25, 0.3) is 22.6 Å². The fourth-order valence-corrected chi connectivity index (χ4v) is 2.58. The Bertz CT molecular complexity index is 935. The summed E-state index contributed by atoms with van der Waals surface area (Å²) < 4.78 is 2.07. The van der Waals surface area contributed by atoms with Gasteiger partial charge in [0.1, 0.15) is 0 Å². The fraction of sp³-hybridized carbons (Fsp3) is 0.118. The SMILES string of the molecule is Cc1cnc(-c2nccn2Cc2cnc3ccccc3c2)[nH]1. The highest BCUT2D eigenvalue weighted by Crippen LogP contribution is 2.17. The van der Waals surface area contributed by atoms with Crippen molar-refractivity contribution in [2.75, 3.05) is 0 Å². The van der Waals surface area contributed by atoms with Crippen molar-refractivity contribution in [3.8, 4) is 11.6 Å². The summed E-state index contributed by atoms with van der Waals surface area (Å²) in [5, 5.41) is 1.15. The first-order valence-corrected chi connectivity index (χ1v) is 7.16. The van der Waals surface area contributed by atoms with Crippen LogP contribution in [0, 0.1) is 6.92 Å². The summed E-state index contributed by atoms with van der Waals surface area (Å²) in [6.07, 6.45) is 7.48. The Morgan fingerprint density at radius 2 is 2.00 bits per heavy atom. The molecule has 0 bridgehead atoms. The van der Waals surface area contributed by atoms with Gasteiger partial charge >= 0.3 is 0 Å². The highest BCUT2D eigenvalue weighted by molar-refractivity contribution is 5.78. The third-order valence-electron chi connectivity index (χ3n) is 3.63. The second kappa shape index (κ2) is 5.11. The Hall–Kier alpha value is -2.95. The van der Waals surface area contributed by atoms with Gasteiger partial charge in [0.05, 0.1) is 12.1 Å². The number of benzene rings is 1. The number of hydrogen-bond acceptors (Lipinski definition) is 3. The van der Waals surface area contributed by atoms with Gasteiger partial charge in [-0.05, 0) is 24.6 Å². The molecule has 0 unspecified atom stereocenters. The van der Waals surface area contributed by atoms with Crippen LogP contribution in [0.2, 0.25) is 0 Å². The number of hydrogen-bond donors (Lipinski definition) is 1.